The van der Waals surface area contributed by atoms with Crippen molar-refractivity contribution < 1.29 is 9.63 Å². The van der Waals surface area contributed by atoms with E-state index in [-0.39, 0.29) is 5.84 Å². The number of hydrogen-bond donors (Lipinski definition) is 1. The molecule has 0 aliphatic rings. The Morgan fingerprint density at radius 3 is 2.62 bits per heavy atom. The van der Waals surface area contributed by atoms with Crippen molar-refractivity contribution in [1.29, 1.82) is 0 Å². The van der Waals surface area contributed by atoms with E-state index in [0.29, 0.717) is 17.0 Å². The summed E-state index contributed by atoms with van der Waals surface area (Å²) in [5.41, 5.74) is 7.24. The van der Waals surface area contributed by atoms with Gasteiger partial charge in [0.15, 0.2) is 0 Å². The standard InChI is InChI=1S/C19H15ClN2O2/c20-16-9-4-8-15(11-16)19(23)24-22-18(21)12-14-7-3-6-13-5-1-2-10-17(13)14/h1-11H,12H2,(H2,21,22). The third-order valence-electron chi connectivity index (χ3n) is 3.56. The maximum Gasteiger partial charge on any atom is 0.365 e. The zero-order valence-electron chi connectivity index (χ0n) is 12.8. The Bertz CT molecular complexity index is 917. The van der Waals surface area contributed by atoms with E-state index in [1.807, 2.05) is 42.5 Å². The molecule has 3 rings (SSSR count). The zero-order chi connectivity index (χ0) is 16.9. The van der Waals surface area contributed by atoms with Crippen molar-refractivity contribution in [3.8, 4) is 0 Å². The van der Waals surface area contributed by atoms with Gasteiger partial charge in [-0.05, 0) is 34.5 Å². The van der Waals surface area contributed by atoms with Gasteiger partial charge in [-0.15, -0.1) is 0 Å². The van der Waals surface area contributed by atoms with Crippen LogP contribution in [0.15, 0.2) is 71.9 Å². The Hall–Kier alpha value is -2.85. The van der Waals surface area contributed by atoms with Gasteiger partial charge >= 0.3 is 5.97 Å². The molecule has 0 radical (unpaired) electrons. The average Bonchev–Trinajstić information content (AvgIpc) is 2.60. The molecule has 0 atom stereocenters. The molecule has 4 nitrogen and oxygen atoms in total. The highest BCUT2D eigenvalue weighted by molar-refractivity contribution is 6.30. The van der Waals surface area contributed by atoms with Gasteiger partial charge in [0.05, 0.1) is 5.56 Å². The van der Waals surface area contributed by atoms with Crippen LogP contribution >= 0.6 is 11.6 Å². The Morgan fingerprint density at radius 2 is 1.79 bits per heavy atom. The number of carbonyl (C=O) groups is 1. The molecule has 3 aromatic rings. The van der Waals surface area contributed by atoms with Crippen molar-refractivity contribution in [2.75, 3.05) is 0 Å². The molecule has 0 bridgehead atoms. The number of halogens is 1. The highest BCUT2D eigenvalue weighted by Crippen LogP contribution is 2.19. The molecule has 0 fully saturated rings. The molecular formula is C19H15ClN2O2. The zero-order valence-corrected chi connectivity index (χ0v) is 13.5. The summed E-state index contributed by atoms with van der Waals surface area (Å²) >= 11 is 5.85. The molecule has 24 heavy (non-hydrogen) atoms. The van der Waals surface area contributed by atoms with Crippen molar-refractivity contribution in [2.45, 2.75) is 6.42 Å². The van der Waals surface area contributed by atoms with Crippen LogP contribution in [0.1, 0.15) is 15.9 Å². The van der Waals surface area contributed by atoms with E-state index in [1.165, 1.54) is 6.07 Å². The maximum atomic E-state index is 11.9. The van der Waals surface area contributed by atoms with Crippen molar-refractivity contribution in [1.82, 2.24) is 0 Å². The minimum absolute atomic E-state index is 0.224. The summed E-state index contributed by atoms with van der Waals surface area (Å²) in [7, 11) is 0. The molecule has 5 heteroatoms. The van der Waals surface area contributed by atoms with Crippen LogP contribution < -0.4 is 5.73 Å². The van der Waals surface area contributed by atoms with Crippen LogP contribution in [0.4, 0.5) is 0 Å². The lowest BCUT2D eigenvalue weighted by Crippen LogP contribution is -2.17. The van der Waals surface area contributed by atoms with E-state index in [4.69, 9.17) is 22.2 Å². The molecule has 0 aliphatic heterocycles. The SMILES string of the molecule is NC(Cc1cccc2ccccc12)=NOC(=O)c1cccc(Cl)c1. The molecule has 0 saturated heterocycles. The summed E-state index contributed by atoms with van der Waals surface area (Å²) in [6, 6.07) is 20.4. The first kappa shape index (κ1) is 16.0. The number of hydrogen-bond acceptors (Lipinski definition) is 3. The minimum atomic E-state index is -0.599. The fourth-order valence-corrected chi connectivity index (χ4v) is 2.63. The summed E-state index contributed by atoms with van der Waals surface area (Å²) < 4.78 is 0. The molecule has 0 aromatic heterocycles. The molecule has 2 N–H and O–H groups in total. The van der Waals surface area contributed by atoms with Gasteiger partial charge in [-0.1, -0.05) is 65.3 Å². The number of carbonyl (C=O) groups excluding carboxylic acids is 1. The third kappa shape index (κ3) is 3.73. The lowest BCUT2D eigenvalue weighted by atomic mass is 10.0. The minimum Gasteiger partial charge on any atom is -0.384 e. The first-order valence-electron chi connectivity index (χ1n) is 7.39. The van der Waals surface area contributed by atoms with Crippen molar-refractivity contribution in [3.05, 3.63) is 82.9 Å². The predicted octanol–water partition coefficient (Wildman–Crippen LogP) is 4.16. The average molecular weight is 339 g/mol. The van der Waals surface area contributed by atoms with E-state index in [0.717, 1.165) is 16.3 Å². The van der Waals surface area contributed by atoms with Crippen LogP contribution in [0.5, 0.6) is 0 Å². The van der Waals surface area contributed by atoms with Gasteiger partial charge in [-0.25, -0.2) is 4.79 Å². The monoisotopic (exact) mass is 338 g/mol. The number of rotatable bonds is 4. The second kappa shape index (κ2) is 7.15. The molecule has 120 valence electrons. The second-order valence-corrected chi connectivity index (χ2v) is 5.72. The van der Waals surface area contributed by atoms with Crippen LogP contribution in [0.25, 0.3) is 10.8 Å². The van der Waals surface area contributed by atoms with Gasteiger partial charge < -0.3 is 10.6 Å². The normalized spacial score (nSPS) is 11.5. The van der Waals surface area contributed by atoms with Gasteiger partial charge in [-0.3, -0.25) is 0 Å². The van der Waals surface area contributed by atoms with Gasteiger partial charge in [0.2, 0.25) is 0 Å². The van der Waals surface area contributed by atoms with E-state index in [9.17, 15) is 4.79 Å². The van der Waals surface area contributed by atoms with Crippen LogP contribution in [-0.4, -0.2) is 11.8 Å². The predicted molar refractivity (Wildman–Crippen MR) is 96.1 cm³/mol. The first-order chi connectivity index (χ1) is 11.6. The van der Waals surface area contributed by atoms with Crippen molar-refractivity contribution in [2.24, 2.45) is 10.9 Å². The topological polar surface area (TPSA) is 64.7 Å². The van der Waals surface area contributed by atoms with Crippen LogP contribution in [0.2, 0.25) is 5.02 Å². The van der Waals surface area contributed by atoms with Crippen LogP contribution in [0, 0.1) is 0 Å². The van der Waals surface area contributed by atoms with Gasteiger partial charge in [-0.2, -0.15) is 0 Å². The smallest absolute Gasteiger partial charge is 0.365 e. The lowest BCUT2D eigenvalue weighted by Gasteiger charge is -2.06. The van der Waals surface area contributed by atoms with E-state index in [2.05, 4.69) is 5.16 Å². The number of amidine groups is 1. The van der Waals surface area contributed by atoms with Gasteiger partial charge in [0, 0.05) is 11.4 Å². The molecule has 0 saturated carbocycles. The number of oxime groups is 1. The van der Waals surface area contributed by atoms with E-state index in [1.54, 1.807) is 18.2 Å². The molecule has 0 amide bonds. The molecule has 0 unspecified atom stereocenters. The number of nitrogens with zero attached hydrogens (tertiary/aromatic N) is 1. The number of fused-ring (bicyclic) bond motifs is 1. The van der Waals surface area contributed by atoms with Crippen molar-refractivity contribution >= 4 is 34.2 Å². The molecule has 0 aliphatic carbocycles. The summed E-state index contributed by atoms with van der Waals surface area (Å²) in [5.74, 6) is -0.375. The Kier molecular flexibility index (Phi) is 4.77. The molecule has 3 aromatic carbocycles. The van der Waals surface area contributed by atoms with E-state index < -0.39 is 5.97 Å². The molecule has 0 heterocycles. The van der Waals surface area contributed by atoms with Crippen LogP contribution in [-0.2, 0) is 11.3 Å². The number of benzene rings is 3. The maximum absolute atomic E-state index is 11.9. The fraction of sp³-hybridized carbons (Fsp3) is 0.0526. The molecular weight excluding hydrogens is 324 g/mol. The highest BCUT2D eigenvalue weighted by Gasteiger charge is 2.08. The fourth-order valence-electron chi connectivity index (χ4n) is 2.44. The second-order valence-electron chi connectivity index (χ2n) is 5.29. The Balaban J connectivity index is 1.73. The Labute approximate surface area is 144 Å². The Morgan fingerprint density at radius 1 is 1.04 bits per heavy atom. The largest absolute Gasteiger partial charge is 0.384 e. The summed E-state index contributed by atoms with van der Waals surface area (Å²) in [6.45, 7) is 0. The third-order valence-corrected chi connectivity index (χ3v) is 3.79. The van der Waals surface area contributed by atoms with Gasteiger partial charge in [0.25, 0.3) is 0 Å². The quantitative estimate of drug-likeness (QED) is 0.336. The van der Waals surface area contributed by atoms with E-state index >= 15 is 0 Å². The molecule has 0 spiro atoms. The summed E-state index contributed by atoms with van der Waals surface area (Å²) in [6.07, 6.45) is 0.393. The number of nitrogens with two attached hydrogens (primary N) is 1. The first-order valence-corrected chi connectivity index (χ1v) is 7.77. The van der Waals surface area contributed by atoms with Crippen LogP contribution in [0.3, 0.4) is 0 Å². The van der Waals surface area contributed by atoms with Gasteiger partial charge in [0.1, 0.15) is 5.84 Å². The highest BCUT2D eigenvalue weighted by atomic mass is 35.5. The lowest BCUT2D eigenvalue weighted by molar-refractivity contribution is 0.0515. The summed E-state index contributed by atoms with van der Waals surface area (Å²) in [5, 5.41) is 6.41. The van der Waals surface area contributed by atoms with Crippen molar-refractivity contribution in [3.63, 3.8) is 0 Å². The summed E-state index contributed by atoms with van der Waals surface area (Å²) in [4.78, 5) is 16.8.